The Balaban J connectivity index is 1.74. The summed E-state index contributed by atoms with van der Waals surface area (Å²) in [5, 5.41) is 15.6. The average Bonchev–Trinajstić information content (AvgIpc) is 3.34. The minimum atomic E-state index is -0.174. The number of aromatic nitrogens is 3. The van der Waals surface area contributed by atoms with Crippen molar-refractivity contribution in [2.75, 3.05) is 19.7 Å². The molecule has 0 amide bonds. The van der Waals surface area contributed by atoms with E-state index in [0.717, 1.165) is 42.1 Å². The topological polar surface area (TPSA) is 80.0 Å². The highest BCUT2D eigenvalue weighted by Gasteiger charge is 2.35. The molecule has 3 heterocycles. The number of piperidine rings is 1. The lowest BCUT2D eigenvalue weighted by Crippen LogP contribution is -2.41. The number of aromatic hydroxyl groups is 1. The van der Waals surface area contributed by atoms with Gasteiger partial charge in [-0.25, -0.2) is 4.98 Å². The Kier molecular flexibility index (Phi) is 6.81. The summed E-state index contributed by atoms with van der Waals surface area (Å²) in [6, 6.07) is 8.42. The number of thiazole rings is 1. The van der Waals surface area contributed by atoms with E-state index in [1.165, 1.54) is 16.9 Å². The van der Waals surface area contributed by atoms with E-state index in [-0.39, 0.29) is 23.8 Å². The van der Waals surface area contributed by atoms with Crippen LogP contribution in [-0.2, 0) is 16.0 Å². The molecular formula is C24H32N4O3S. The van der Waals surface area contributed by atoms with Gasteiger partial charge in [-0.15, -0.1) is 5.10 Å². The van der Waals surface area contributed by atoms with Crippen molar-refractivity contribution in [1.82, 2.24) is 19.5 Å². The molecular weight excluding hydrogens is 424 g/mol. The molecule has 8 heteroatoms. The zero-order chi connectivity index (χ0) is 22.8. The number of benzene rings is 1. The Bertz CT molecular complexity index is 1070. The third kappa shape index (κ3) is 4.38. The molecule has 4 rings (SSSR count). The molecule has 1 saturated heterocycles. The highest BCUT2D eigenvalue weighted by molar-refractivity contribution is 7.17. The molecule has 0 bridgehead atoms. The molecule has 1 aliphatic rings. The number of carbonyl (C=O) groups excluding carboxylic acids is 1. The Labute approximate surface area is 193 Å². The zero-order valence-electron chi connectivity index (χ0n) is 19.2. The standard InChI is InChI=1S/C24H32N4O3S/c1-5-19-25-24-28(26-19)22(29)21(32-24)20(17-11-9-16(10-12-17)15(3)4)27-13-7-8-18(14-27)23(30)31-6-2/h9-12,15,18,20,29H,5-8,13-14H2,1-4H3/t18-,20+/m0/s1. The summed E-state index contributed by atoms with van der Waals surface area (Å²) >= 11 is 1.47. The van der Waals surface area contributed by atoms with Crippen molar-refractivity contribution in [3.63, 3.8) is 0 Å². The van der Waals surface area contributed by atoms with Gasteiger partial charge in [-0.1, -0.05) is 56.4 Å². The number of rotatable bonds is 7. The van der Waals surface area contributed by atoms with E-state index in [1.807, 2.05) is 13.8 Å². The quantitative estimate of drug-likeness (QED) is 0.526. The van der Waals surface area contributed by atoms with Crippen LogP contribution < -0.4 is 0 Å². The smallest absolute Gasteiger partial charge is 0.310 e. The second kappa shape index (κ2) is 9.58. The summed E-state index contributed by atoms with van der Waals surface area (Å²) in [6.07, 6.45) is 2.46. The summed E-state index contributed by atoms with van der Waals surface area (Å²) in [5.74, 6) is 1.01. The Morgan fingerprint density at radius 2 is 1.97 bits per heavy atom. The first-order valence-electron chi connectivity index (χ1n) is 11.5. The SMILES string of the molecule is CCOC(=O)[C@H]1CCCN([C@H](c2ccc(C(C)C)cc2)c2sc3nc(CC)nn3c2O)C1. The molecule has 1 aromatic carbocycles. The molecule has 32 heavy (non-hydrogen) atoms. The predicted molar refractivity (Wildman–Crippen MR) is 125 cm³/mol. The number of hydrogen-bond donors (Lipinski definition) is 1. The molecule has 1 fully saturated rings. The third-order valence-electron chi connectivity index (χ3n) is 6.16. The Morgan fingerprint density at radius 1 is 1.25 bits per heavy atom. The Morgan fingerprint density at radius 3 is 2.59 bits per heavy atom. The molecule has 7 nitrogen and oxygen atoms in total. The normalized spacial score (nSPS) is 18.3. The molecule has 0 radical (unpaired) electrons. The number of fused-ring (bicyclic) bond motifs is 1. The van der Waals surface area contributed by atoms with Gasteiger partial charge < -0.3 is 9.84 Å². The van der Waals surface area contributed by atoms with E-state index < -0.39 is 0 Å². The number of carbonyl (C=O) groups is 1. The van der Waals surface area contributed by atoms with Gasteiger partial charge in [0.2, 0.25) is 10.8 Å². The van der Waals surface area contributed by atoms with E-state index >= 15 is 0 Å². The van der Waals surface area contributed by atoms with Gasteiger partial charge in [-0.05, 0) is 43.4 Å². The van der Waals surface area contributed by atoms with Gasteiger partial charge in [0.1, 0.15) is 0 Å². The van der Waals surface area contributed by atoms with Gasteiger partial charge in [0.15, 0.2) is 5.82 Å². The summed E-state index contributed by atoms with van der Waals surface area (Å²) < 4.78 is 6.85. The van der Waals surface area contributed by atoms with Crippen LogP contribution in [0.25, 0.3) is 4.96 Å². The van der Waals surface area contributed by atoms with Gasteiger partial charge in [-0.2, -0.15) is 4.52 Å². The predicted octanol–water partition coefficient (Wildman–Crippen LogP) is 4.55. The van der Waals surface area contributed by atoms with Crippen LogP contribution in [0, 0.1) is 5.92 Å². The highest BCUT2D eigenvalue weighted by atomic mass is 32.1. The number of esters is 1. The fourth-order valence-corrected chi connectivity index (χ4v) is 5.54. The van der Waals surface area contributed by atoms with Crippen LogP contribution >= 0.6 is 11.3 Å². The van der Waals surface area contributed by atoms with E-state index in [1.54, 1.807) is 4.52 Å². The summed E-state index contributed by atoms with van der Waals surface area (Å²) in [6.45, 7) is 10.0. The summed E-state index contributed by atoms with van der Waals surface area (Å²) in [7, 11) is 0. The van der Waals surface area contributed by atoms with Crippen molar-refractivity contribution in [2.24, 2.45) is 5.92 Å². The molecule has 2 aromatic heterocycles. The van der Waals surface area contributed by atoms with Crippen LogP contribution in [0.5, 0.6) is 5.88 Å². The van der Waals surface area contributed by atoms with Gasteiger partial charge >= 0.3 is 5.97 Å². The van der Waals surface area contributed by atoms with E-state index in [2.05, 4.69) is 53.1 Å². The molecule has 3 aromatic rings. The number of hydrogen-bond acceptors (Lipinski definition) is 7. The van der Waals surface area contributed by atoms with Crippen molar-refractivity contribution in [3.8, 4) is 5.88 Å². The number of nitrogens with zero attached hydrogens (tertiary/aromatic N) is 4. The minimum Gasteiger partial charge on any atom is -0.492 e. The lowest BCUT2D eigenvalue weighted by atomic mass is 9.93. The molecule has 0 unspecified atom stereocenters. The van der Waals surface area contributed by atoms with Gasteiger partial charge in [0.25, 0.3) is 0 Å². The zero-order valence-corrected chi connectivity index (χ0v) is 20.1. The largest absolute Gasteiger partial charge is 0.492 e. The van der Waals surface area contributed by atoms with Crippen molar-refractivity contribution >= 4 is 22.3 Å². The maximum absolute atomic E-state index is 12.5. The van der Waals surface area contributed by atoms with Crippen LogP contribution in [-0.4, -0.2) is 50.3 Å². The first kappa shape index (κ1) is 22.7. The first-order chi connectivity index (χ1) is 15.4. The summed E-state index contributed by atoms with van der Waals surface area (Å²) in [4.78, 5) is 20.8. The fraction of sp³-hybridized carbons (Fsp3) is 0.542. The third-order valence-corrected chi connectivity index (χ3v) is 7.24. The van der Waals surface area contributed by atoms with Crippen molar-refractivity contribution < 1.29 is 14.6 Å². The lowest BCUT2D eigenvalue weighted by molar-refractivity contribution is -0.150. The molecule has 0 saturated carbocycles. The maximum atomic E-state index is 12.5. The molecule has 172 valence electrons. The van der Waals surface area contributed by atoms with Crippen LogP contribution in [0.3, 0.4) is 0 Å². The van der Waals surface area contributed by atoms with Crippen molar-refractivity contribution in [1.29, 1.82) is 0 Å². The Hall–Kier alpha value is -2.45. The van der Waals surface area contributed by atoms with Gasteiger partial charge in [0.05, 0.1) is 23.4 Å². The number of likely N-dealkylation sites (tertiary alicyclic amines) is 1. The molecule has 1 N–H and O–H groups in total. The average molecular weight is 457 g/mol. The fourth-order valence-electron chi connectivity index (χ4n) is 4.40. The van der Waals surface area contributed by atoms with Crippen LogP contribution in [0.1, 0.15) is 74.3 Å². The molecule has 1 aliphatic heterocycles. The maximum Gasteiger partial charge on any atom is 0.310 e. The van der Waals surface area contributed by atoms with Crippen molar-refractivity contribution in [3.05, 3.63) is 46.1 Å². The van der Waals surface area contributed by atoms with E-state index in [4.69, 9.17) is 4.74 Å². The van der Waals surface area contributed by atoms with E-state index in [0.29, 0.717) is 24.0 Å². The first-order valence-corrected chi connectivity index (χ1v) is 12.3. The highest BCUT2D eigenvalue weighted by Crippen LogP contribution is 2.41. The second-order valence-corrected chi connectivity index (χ2v) is 9.69. The van der Waals surface area contributed by atoms with Crippen LogP contribution in [0.2, 0.25) is 0 Å². The monoisotopic (exact) mass is 456 g/mol. The van der Waals surface area contributed by atoms with Crippen LogP contribution in [0.4, 0.5) is 0 Å². The summed E-state index contributed by atoms with van der Waals surface area (Å²) in [5.41, 5.74) is 2.37. The lowest BCUT2D eigenvalue weighted by Gasteiger charge is -2.37. The van der Waals surface area contributed by atoms with Crippen molar-refractivity contribution in [2.45, 2.75) is 58.9 Å². The second-order valence-electron chi connectivity index (χ2n) is 8.68. The number of ether oxygens (including phenoxy) is 1. The van der Waals surface area contributed by atoms with E-state index in [9.17, 15) is 9.90 Å². The molecule has 0 spiro atoms. The van der Waals surface area contributed by atoms with Gasteiger partial charge in [-0.3, -0.25) is 9.69 Å². The van der Waals surface area contributed by atoms with Gasteiger partial charge in [0, 0.05) is 13.0 Å². The molecule has 2 atom stereocenters. The molecule has 0 aliphatic carbocycles. The minimum absolute atomic E-state index is 0.133. The number of aryl methyl sites for hydroxylation is 1. The van der Waals surface area contributed by atoms with Crippen LogP contribution in [0.15, 0.2) is 24.3 Å².